The maximum Gasteiger partial charge on any atom is 0.161 e. The highest BCUT2D eigenvalue weighted by Gasteiger charge is 2.36. The molecule has 3 aromatic rings. The summed E-state index contributed by atoms with van der Waals surface area (Å²) in [7, 11) is 1.50. The van der Waals surface area contributed by atoms with Gasteiger partial charge in [0.05, 0.1) is 6.61 Å². The number of nitrogens with zero attached hydrogens (tertiary/aromatic N) is 1. The van der Waals surface area contributed by atoms with Crippen molar-refractivity contribution in [1.29, 1.82) is 0 Å². The molecule has 0 bridgehead atoms. The molecule has 10 heteroatoms. The second-order valence-electron chi connectivity index (χ2n) is 9.97. The summed E-state index contributed by atoms with van der Waals surface area (Å²) in [4.78, 5) is 5.88. The van der Waals surface area contributed by atoms with E-state index in [4.69, 9.17) is 15.5 Å². The second-order valence-corrected chi connectivity index (χ2v) is 11.2. The number of halogens is 3. The zero-order valence-electron chi connectivity index (χ0n) is 27.0. The fourth-order valence-corrected chi connectivity index (χ4v) is 5.97. The van der Waals surface area contributed by atoms with Gasteiger partial charge in [-0.05, 0) is 55.6 Å². The van der Waals surface area contributed by atoms with Crippen LogP contribution in [-0.4, -0.2) is 30.7 Å². The summed E-state index contributed by atoms with van der Waals surface area (Å²) < 4.78 is 48.4. The van der Waals surface area contributed by atoms with Crippen molar-refractivity contribution in [2.75, 3.05) is 25.5 Å². The summed E-state index contributed by atoms with van der Waals surface area (Å²) in [6, 6.07) is 9.52. The topological polar surface area (TPSA) is 98.2 Å². The van der Waals surface area contributed by atoms with Crippen molar-refractivity contribution in [2.45, 2.75) is 69.7 Å². The van der Waals surface area contributed by atoms with Crippen LogP contribution < -0.4 is 26.8 Å². The molecule has 3 aliphatic rings. The van der Waals surface area contributed by atoms with E-state index in [1.165, 1.54) is 7.05 Å². The van der Waals surface area contributed by atoms with Gasteiger partial charge in [0.1, 0.15) is 22.8 Å². The van der Waals surface area contributed by atoms with Crippen molar-refractivity contribution in [2.24, 2.45) is 17.4 Å². The number of nitrogens with one attached hydrogen (secondary N) is 2. The second kappa shape index (κ2) is 17.7. The van der Waals surface area contributed by atoms with Gasteiger partial charge >= 0.3 is 0 Å². The number of ether oxygens (including phenoxy) is 1. The van der Waals surface area contributed by atoms with E-state index in [0.717, 1.165) is 52.0 Å². The Kier molecular flexibility index (Phi) is 14.8. The van der Waals surface area contributed by atoms with E-state index in [1.807, 2.05) is 52.8 Å². The molecule has 3 unspecified atom stereocenters. The SMILES string of the molecule is C#C.C=C(NCC(c1cc2c(c(-c3cc(F)c(F)cc3F)n1)OCC2C)C1CC1)c1ccc2c(c1)SC(N)N2.CC.CC.CN. The zero-order chi connectivity index (χ0) is 33.8. The third-order valence-electron chi connectivity index (χ3n) is 7.28. The van der Waals surface area contributed by atoms with Gasteiger partial charge in [-0.15, -0.1) is 12.8 Å². The normalized spacial score (nSPS) is 17.4. The first-order chi connectivity index (χ1) is 21.8. The summed E-state index contributed by atoms with van der Waals surface area (Å²) in [6.45, 7) is 15.3. The zero-order valence-corrected chi connectivity index (χ0v) is 27.8. The van der Waals surface area contributed by atoms with Crippen LogP contribution in [-0.2, 0) is 0 Å². The van der Waals surface area contributed by atoms with Gasteiger partial charge in [-0.1, -0.05) is 59.0 Å². The number of fused-ring (bicyclic) bond motifs is 2. The minimum Gasteiger partial charge on any atom is -0.490 e. The maximum absolute atomic E-state index is 14.8. The molecule has 45 heavy (non-hydrogen) atoms. The maximum atomic E-state index is 14.8. The van der Waals surface area contributed by atoms with E-state index in [9.17, 15) is 13.2 Å². The van der Waals surface area contributed by atoms with Gasteiger partial charge in [0.2, 0.25) is 0 Å². The van der Waals surface area contributed by atoms with E-state index >= 15 is 0 Å². The third kappa shape index (κ3) is 8.75. The van der Waals surface area contributed by atoms with Crippen LogP contribution in [0.15, 0.2) is 47.9 Å². The number of hydrogen-bond acceptors (Lipinski definition) is 7. The van der Waals surface area contributed by atoms with Crippen molar-refractivity contribution >= 4 is 23.1 Å². The number of anilines is 1. The molecule has 3 atom stereocenters. The molecule has 2 aromatic carbocycles. The van der Waals surface area contributed by atoms with Crippen molar-refractivity contribution in [3.05, 3.63) is 77.2 Å². The molecule has 0 amide bonds. The molecule has 1 aromatic heterocycles. The molecule has 1 saturated carbocycles. The van der Waals surface area contributed by atoms with Crippen LogP contribution in [0.4, 0.5) is 18.9 Å². The molecular weight excluding hydrogens is 595 g/mol. The summed E-state index contributed by atoms with van der Waals surface area (Å²) in [5.74, 6) is -2.24. The fourth-order valence-electron chi connectivity index (χ4n) is 5.06. The lowest BCUT2D eigenvalue weighted by molar-refractivity contribution is 0.337. The Bertz CT molecular complexity index is 1460. The van der Waals surface area contributed by atoms with E-state index in [0.29, 0.717) is 30.9 Å². The average Bonchev–Trinajstić information content (AvgIpc) is 3.74. The number of thioether (sulfide) groups is 1. The molecule has 6 nitrogen and oxygen atoms in total. The molecule has 0 radical (unpaired) electrons. The lowest BCUT2D eigenvalue weighted by atomic mass is 9.93. The molecule has 0 saturated heterocycles. The Labute approximate surface area is 270 Å². The number of nitrogens with two attached hydrogens (primary N) is 2. The molecule has 3 heterocycles. The van der Waals surface area contributed by atoms with Crippen molar-refractivity contribution < 1.29 is 17.9 Å². The molecule has 0 spiro atoms. The molecule has 6 N–H and O–H groups in total. The van der Waals surface area contributed by atoms with Crippen LogP contribution >= 0.6 is 11.8 Å². The monoisotopic (exact) mass is 641 g/mol. The van der Waals surface area contributed by atoms with Gasteiger partial charge in [0.15, 0.2) is 11.6 Å². The molecule has 2 aliphatic heterocycles. The number of pyridine rings is 1. The number of hydrogen-bond donors (Lipinski definition) is 4. The van der Waals surface area contributed by atoms with Gasteiger partial charge < -0.3 is 26.8 Å². The number of terminal acetylenes is 1. The summed E-state index contributed by atoms with van der Waals surface area (Å²) in [5.41, 5.74) is 14.9. The van der Waals surface area contributed by atoms with Gasteiger partial charge in [-0.2, -0.15) is 0 Å². The van der Waals surface area contributed by atoms with Gasteiger partial charge in [-0.3, -0.25) is 0 Å². The Morgan fingerprint density at radius 3 is 2.36 bits per heavy atom. The highest BCUT2D eigenvalue weighted by molar-refractivity contribution is 8.00. The predicted octanol–water partition coefficient (Wildman–Crippen LogP) is 8.05. The van der Waals surface area contributed by atoms with Gasteiger partial charge in [0.25, 0.3) is 0 Å². The minimum absolute atomic E-state index is 0.0425. The van der Waals surface area contributed by atoms with Gasteiger partial charge in [-0.25, -0.2) is 18.2 Å². The van der Waals surface area contributed by atoms with Crippen LogP contribution in [0.5, 0.6) is 5.75 Å². The fraction of sp³-hybridized carbons (Fsp3) is 0.400. The highest BCUT2D eigenvalue weighted by Crippen LogP contribution is 2.47. The molecule has 244 valence electrons. The Morgan fingerprint density at radius 1 is 1.07 bits per heavy atom. The van der Waals surface area contributed by atoms with Crippen LogP contribution in [0.25, 0.3) is 17.0 Å². The third-order valence-corrected chi connectivity index (χ3v) is 8.25. The van der Waals surface area contributed by atoms with E-state index in [-0.39, 0.29) is 28.6 Å². The van der Waals surface area contributed by atoms with Crippen LogP contribution in [0.3, 0.4) is 0 Å². The van der Waals surface area contributed by atoms with Crippen LogP contribution in [0.2, 0.25) is 0 Å². The first-order valence-corrected chi connectivity index (χ1v) is 16.2. The molecular formula is C35H46F3N5OS. The molecule has 6 rings (SSSR count). The first kappa shape index (κ1) is 37.5. The first-order valence-electron chi connectivity index (χ1n) is 15.3. The van der Waals surface area contributed by atoms with Crippen molar-refractivity contribution in [3.8, 4) is 29.9 Å². The highest BCUT2D eigenvalue weighted by atomic mass is 32.2. The summed E-state index contributed by atoms with van der Waals surface area (Å²) >= 11 is 1.57. The van der Waals surface area contributed by atoms with E-state index in [1.54, 1.807) is 11.8 Å². The minimum atomic E-state index is -1.23. The number of aromatic nitrogens is 1. The lowest BCUT2D eigenvalue weighted by Crippen LogP contribution is -2.22. The Morgan fingerprint density at radius 2 is 1.71 bits per heavy atom. The summed E-state index contributed by atoms with van der Waals surface area (Å²) in [5, 5.41) is 6.69. The Balaban J connectivity index is 0.000000819. The van der Waals surface area contributed by atoms with Crippen LogP contribution in [0, 0.1) is 36.2 Å². The smallest absolute Gasteiger partial charge is 0.161 e. The quantitative estimate of drug-likeness (QED) is 0.153. The molecule has 1 fully saturated rings. The van der Waals surface area contributed by atoms with Crippen molar-refractivity contribution in [1.82, 2.24) is 10.3 Å². The van der Waals surface area contributed by atoms with E-state index < -0.39 is 17.5 Å². The lowest BCUT2D eigenvalue weighted by Gasteiger charge is -2.21. The average molecular weight is 642 g/mol. The number of benzene rings is 2. The molecule has 1 aliphatic carbocycles. The van der Waals surface area contributed by atoms with E-state index in [2.05, 4.69) is 41.9 Å². The number of rotatable bonds is 7. The van der Waals surface area contributed by atoms with Crippen LogP contribution in [0.1, 0.15) is 76.1 Å². The largest absolute Gasteiger partial charge is 0.490 e. The predicted molar refractivity (Wildman–Crippen MR) is 183 cm³/mol. The standard InChI is InChI=1S/C28H27F3N4OS.2C2H6.C2H2.CH5N/c1-13-12-36-27-17(13)9-24(34-26(27)18-8-21(30)22(31)10-20(18)29)19(15-3-4-15)11-33-14(2)16-5-6-23-25(7-16)37-28(32)35-23;4*1-2/h5-10,13,15,19,28,33,35H,2-4,11-12,32H2,1H3;2*1-2H3;1-2H;2H2,1H3. The Hall–Kier alpha value is -3.65. The van der Waals surface area contributed by atoms with Gasteiger partial charge in [0, 0.05) is 57.5 Å². The van der Waals surface area contributed by atoms with Crippen molar-refractivity contribution in [3.63, 3.8) is 0 Å². The summed E-state index contributed by atoms with van der Waals surface area (Å²) in [6.07, 6.45) is 10.1.